The third kappa shape index (κ3) is 2.47. The van der Waals surface area contributed by atoms with Gasteiger partial charge in [-0.2, -0.15) is 4.98 Å². The van der Waals surface area contributed by atoms with E-state index in [9.17, 15) is 0 Å². The molecule has 0 aliphatic rings. The topological polar surface area (TPSA) is 65.0 Å². The Morgan fingerprint density at radius 1 is 1.14 bits per heavy atom. The SMILES string of the molecule is COc1ccc(Cn2c(=S)[nH]c3c(OC)ncnc32)cc1. The standard InChI is InChI=1S/C14H14N4O2S/c1-19-10-5-3-9(4-6-10)7-18-12-11(17-14(18)21)13(20-2)16-8-15-12/h3-6,8H,7H2,1-2H3,(H,17,21). The van der Waals surface area contributed by atoms with Crippen molar-refractivity contribution in [1.29, 1.82) is 0 Å². The van der Waals surface area contributed by atoms with Gasteiger partial charge in [0.25, 0.3) is 0 Å². The number of aromatic amines is 1. The number of nitrogens with one attached hydrogen (secondary N) is 1. The van der Waals surface area contributed by atoms with Gasteiger partial charge in [-0.1, -0.05) is 12.1 Å². The molecule has 0 fully saturated rings. The summed E-state index contributed by atoms with van der Waals surface area (Å²) in [4.78, 5) is 11.5. The Hall–Kier alpha value is -2.41. The third-order valence-electron chi connectivity index (χ3n) is 3.22. The summed E-state index contributed by atoms with van der Waals surface area (Å²) in [5.74, 6) is 1.31. The number of methoxy groups -OCH3 is 2. The number of nitrogens with zero attached hydrogens (tertiary/aromatic N) is 3. The average molecular weight is 302 g/mol. The van der Waals surface area contributed by atoms with Gasteiger partial charge in [-0.15, -0.1) is 0 Å². The molecule has 7 heteroatoms. The van der Waals surface area contributed by atoms with Crippen LogP contribution in [0.4, 0.5) is 0 Å². The van der Waals surface area contributed by atoms with Crippen molar-refractivity contribution in [2.45, 2.75) is 6.54 Å². The Morgan fingerprint density at radius 2 is 1.90 bits per heavy atom. The molecule has 1 aromatic carbocycles. The normalized spacial score (nSPS) is 10.8. The number of ether oxygens (including phenoxy) is 2. The number of H-pyrrole nitrogens is 1. The molecule has 1 N–H and O–H groups in total. The number of rotatable bonds is 4. The maximum atomic E-state index is 5.37. The minimum Gasteiger partial charge on any atom is -0.497 e. The van der Waals surface area contributed by atoms with Crippen LogP contribution in [0.3, 0.4) is 0 Å². The maximum Gasteiger partial charge on any atom is 0.242 e. The molecule has 0 spiro atoms. The molecular weight excluding hydrogens is 288 g/mol. The van der Waals surface area contributed by atoms with Gasteiger partial charge in [0.05, 0.1) is 20.8 Å². The summed E-state index contributed by atoms with van der Waals surface area (Å²) in [6, 6.07) is 7.84. The van der Waals surface area contributed by atoms with Crippen LogP contribution in [0.25, 0.3) is 11.2 Å². The largest absolute Gasteiger partial charge is 0.497 e. The van der Waals surface area contributed by atoms with Crippen LogP contribution in [0.5, 0.6) is 11.6 Å². The highest BCUT2D eigenvalue weighted by Gasteiger charge is 2.11. The molecule has 0 saturated heterocycles. The summed E-state index contributed by atoms with van der Waals surface area (Å²) in [5, 5.41) is 0. The Labute approximate surface area is 126 Å². The van der Waals surface area contributed by atoms with Gasteiger partial charge in [0, 0.05) is 0 Å². The quantitative estimate of drug-likeness (QED) is 0.750. The first-order valence-electron chi connectivity index (χ1n) is 6.33. The molecule has 0 saturated carbocycles. The minimum atomic E-state index is 0.486. The molecule has 0 unspecified atom stereocenters. The van der Waals surface area contributed by atoms with Gasteiger partial charge in [-0.25, -0.2) is 4.98 Å². The fraction of sp³-hybridized carbons (Fsp3) is 0.214. The lowest BCUT2D eigenvalue weighted by Crippen LogP contribution is -2.01. The van der Waals surface area contributed by atoms with Crippen molar-refractivity contribution < 1.29 is 9.47 Å². The Bertz CT molecular complexity index is 823. The van der Waals surface area contributed by atoms with Gasteiger partial charge in [-0.05, 0) is 29.9 Å². The number of fused-ring (bicyclic) bond motifs is 1. The van der Waals surface area contributed by atoms with Crippen LogP contribution in [0, 0.1) is 4.77 Å². The Morgan fingerprint density at radius 3 is 2.57 bits per heavy atom. The molecule has 0 bridgehead atoms. The van der Waals surface area contributed by atoms with E-state index >= 15 is 0 Å². The first-order chi connectivity index (χ1) is 10.2. The summed E-state index contributed by atoms with van der Waals surface area (Å²) >= 11 is 5.37. The molecule has 3 aromatic rings. The zero-order valence-corrected chi connectivity index (χ0v) is 12.5. The maximum absolute atomic E-state index is 5.37. The van der Waals surface area contributed by atoms with Crippen molar-refractivity contribution in [1.82, 2.24) is 19.5 Å². The molecular formula is C14H14N4O2S. The van der Waals surface area contributed by atoms with Gasteiger partial charge in [-0.3, -0.25) is 4.57 Å². The molecule has 0 aliphatic heterocycles. The van der Waals surface area contributed by atoms with Gasteiger partial charge < -0.3 is 14.5 Å². The summed E-state index contributed by atoms with van der Waals surface area (Å²) in [5.41, 5.74) is 2.53. The van der Waals surface area contributed by atoms with Gasteiger partial charge >= 0.3 is 0 Å². The first kappa shape index (κ1) is 13.6. The fourth-order valence-corrected chi connectivity index (χ4v) is 2.41. The molecule has 0 atom stereocenters. The lowest BCUT2D eigenvalue weighted by Gasteiger charge is -2.06. The second kappa shape index (κ2) is 5.53. The highest BCUT2D eigenvalue weighted by molar-refractivity contribution is 7.71. The molecule has 21 heavy (non-hydrogen) atoms. The van der Waals surface area contributed by atoms with Crippen molar-refractivity contribution >= 4 is 23.4 Å². The van der Waals surface area contributed by atoms with Crippen molar-refractivity contribution in [3.05, 3.63) is 40.9 Å². The summed E-state index contributed by atoms with van der Waals surface area (Å²) in [6.07, 6.45) is 1.47. The van der Waals surface area contributed by atoms with Crippen LogP contribution >= 0.6 is 12.2 Å². The van der Waals surface area contributed by atoms with Crippen LogP contribution in [0.1, 0.15) is 5.56 Å². The summed E-state index contributed by atoms with van der Waals surface area (Å²) in [7, 11) is 3.22. The van der Waals surface area contributed by atoms with Crippen molar-refractivity contribution in [3.63, 3.8) is 0 Å². The number of aromatic nitrogens is 4. The third-order valence-corrected chi connectivity index (χ3v) is 3.54. The summed E-state index contributed by atoms with van der Waals surface area (Å²) in [6.45, 7) is 0.614. The van der Waals surface area contributed by atoms with E-state index in [2.05, 4.69) is 15.0 Å². The van der Waals surface area contributed by atoms with Crippen molar-refractivity contribution in [2.24, 2.45) is 0 Å². The van der Waals surface area contributed by atoms with Gasteiger partial charge in [0.2, 0.25) is 5.88 Å². The van der Waals surface area contributed by atoms with E-state index in [-0.39, 0.29) is 0 Å². The number of hydrogen-bond acceptors (Lipinski definition) is 5. The van der Waals surface area contributed by atoms with Gasteiger partial charge in [0.1, 0.15) is 17.6 Å². The van der Waals surface area contributed by atoms with E-state index in [4.69, 9.17) is 21.7 Å². The molecule has 0 amide bonds. The lowest BCUT2D eigenvalue weighted by atomic mass is 10.2. The molecule has 0 radical (unpaired) electrons. The van der Waals surface area contributed by atoms with E-state index in [1.54, 1.807) is 14.2 Å². The van der Waals surface area contributed by atoms with Crippen LogP contribution in [0.2, 0.25) is 0 Å². The van der Waals surface area contributed by atoms with Crippen LogP contribution in [-0.2, 0) is 6.54 Å². The zero-order valence-electron chi connectivity index (χ0n) is 11.7. The zero-order chi connectivity index (χ0) is 14.8. The van der Waals surface area contributed by atoms with E-state index in [0.717, 1.165) is 17.0 Å². The molecule has 0 aliphatic carbocycles. The molecule has 2 heterocycles. The van der Waals surface area contributed by atoms with E-state index in [1.807, 2.05) is 28.8 Å². The van der Waals surface area contributed by atoms with E-state index in [1.165, 1.54) is 6.33 Å². The lowest BCUT2D eigenvalue weighted by molar-refractivity contribution is 0.401. The van der Waals surface area contributed by atoms with Crippen molar-refractivity contribution in [3.8, 4) is 11.6 Å². The van der Waals surface area contributed by atoms with Gasteiger partial charge in [0.15, 0.2) is 10.4 Å². The summed E-state index contributed by atoms with van der Waals surface area (Å²) < 4.78 is 12.9. The number of benzene rings is 1. The first-order valence-corrected chi connectivity index (χ1v) is 6.74. The second-order valence-corrected chi connectivity index (χ2v) is 4.83. The fourth-order valence-electron chi connectivity index (χ4n) is 2.16. The number of hydrogen-bond donors (Lipinski definition) is 1. The predicted molar refractivity (Wildman–Crippen MR) is 81.4 cm³/mol. The Balaban J connectivity index is 2.03. The molecule has 108 valence electrons. The Kier molecular flexibility index (Phi) is 3.57. The van der Waals surface area contributed by atoms with Crippen LogP contribution in [-0.4, -0.2) is 33.7 Å². The molecule has 2 aromatic heterocycles. The van der Waals surface area contributed by atoms with Crippen molar-refractivity contribution in [2.75, 3.05) is 14.2 Å². The predicted octanol–water partition coefficient (Wildman–Crippen LogP) is 2.55. The highest BCUT2D eigenvalue weighted by atomic mass is 32.1. The highest BCUT2D eigenvalue weighted by Crippen LogP contribution is 2.21. The molecule has 3 rings (SSSR count). The van der Waals surface area contributed by atoms with E-state index in [0.29, 0.717) is 22.7 Å². The second-order valence-electron chi connectivity index (χ2n) is 4.45. The smallest absolute Gasteiger partial charge is 0.242 e. The van der Waals surface area contributed by atoms with Crippen LogP contribution in [0.15, 0.2) is 30.6 Å². The molecule has 6 nitrogen and oxygen atoms in total. The minimum absolute atomic E-state index is 0.486. The van der Waals surface area contributed by atoms with E-state index < -0.39 is 0 Å². The average Bonchev–Trinajstić information content (AvgIpc) is 2.84. The van der Waals surface area contributed by atoms with Crippen LogP contribution < -0.4 is 9.47 Å². The number of imidazole rings is 1. The monoisotopic (exact) mass is 302 g/mol.